The summed E-state index contributed by atoms with van der Waals surface area (Å²) in [5.74, 6) is 0.530. The molecule has 2 fully saturated rings. The number of hydrogen-bond donors (Lipinski definition) is 1. The molecule has 5 heteroatoms. The van der Waals surface area contributed by atoms with E-state index in [1.165, 1.54) is 16.2 Å². The van der Waals surface area contributed by atoms with Crippen LogP contribution in [0.25, 0.3) is 0 Å². The summed E-state index contributed by atoms with van der Waals surface area (Å²) in [6.07, 6.45) is 2.72. The summed E-state index contributed by atoms with van der Waals surface area (Å²) in [5, 5.41) is 0. The van der Waals surface area contributed by atoms with Crippen LogP contribution in [0.3, 0.4) is 0 Å². The highest BCUT2D eigenvalue weighted by Crippen LogP contribution is 2.24. The largest absolute Gasteiger partial charge is 0.324 e. The lowest BCUT2D eigenvalue weighted by Gasteiger charge is -2.31. The van der Waals surface area contributed by atoms with E-state index >= 15 is 0 Å². The number of halogens is 1. The van der Waals surface area contributed by atoms with Crippen molar-refractivity contribution in [1.82, 2.24) is 0 Å². The lowest BCUT2D eigenvalue weighted by molar-refractivity contribution is -0.923. The van der Waals surface area contributed by atoms with E-state index in [4.69, 9.17) is 0 Å². The van der Waals surface area contributed by atoms with E-state index in [0.717, 1.165) is 24.0 Å². The van der Waals surface area contributed by atoms with Crippen molar-refractivity contribution in [2.45, 2.75) is 32.2 Å². The average molecular weight is 352 g/mol. The smallest absolute Gasteiger partial charge is 0.292 e. The standard InChI is InChI=1S/C16H19BrN2O2/c1-11-3-2-8-18(10-11)14-9-15(20)19(16(14)21)13-6-4-12(17)5-7-13/h4-7,11,14H,2-3,8-10H2,1H3/p+1/t11-,14+/m0/s1. The zero-order valence-corrected chi connectivity index (χ0v) is 13.7. The molecule has 21 heavy (non-hydrogen) atoms. The summed E-state index contributed by atoms with van der Waals surface area (Å²) in [6, 6.07) is 7.16. The number of hydrogen-bond acceptors (Lipinski definition) is 2. The second kappa shape index (κ2) is 5.89. The number of amides is 2. The van der Waals surface area contributed by atoms with Crippen LogP contribution in [0.5, 0.6) is 0 Å². The number of nitrogens with zero attached hydrogens (tertiary/aromatic N) is 1. The van der Waals surface area contributed by atoms with Gasteiger partial charge in [-0.2, -0.15) is 0 Å². The summed E-state index contributed by atoms with van der Waals surface area (Å²) in [5.41, 5.74) is 0.681. The number of carbonyl (C=O) groups excluding carboxylic acids is 2. The first kappa shape index (κ1) is 14.7. The first-order valence-corrected chi connectivity index (χ1v) is 8.32. The number of likely N-dealkylation sites (tertiary alicyclic amines) is 1. The quantitative estimate of drug-likeness (QED) is 0.818. The van der Waals surface area contributed by atoms with Gasteiger partial charge in [-0.3, -0.25) is 9.59 Å². The van der Waals surface area contributed by atoms with Crippen molar-refractivity contribution in [1.29, 1.82) is 0 Å². The minimum atomic E-state index is -0.191. The van der Waals surface area contributed by atoms with Crippen LogP contribution in [0.1, 0.15) is 26.2 Å². The van der Waals surface area contributed by atoms with E-state index in [0.29, 0.717) is 18.0 Å². The molecule has 0 bridgehead atoms. The van der Waals surface area contributed by atoms with Crippen LogP contribution < -0.4 is 9.80 Å². The molecule has 0 saturated carbocycles. The average Bonchev–Trinajstić information content (AvgIpc) is 2.75. The number of quaternary nitrogens is 1. The van der Waals surface area contributed by atoms with Crippen LogP contribution >= 0.6 is 15.9 Å². The van der Waals surface area contributed by atoms with Gasteiger partial charge in [0.2, 0.25) is 5.91 Å². The van der Waals surface area contributed by atoms with E-state index in [2.05, 4.69) is 22.9 Å². The molecular weight excluding hydrogens is 332 g/mol. The van der Waals surface area contributed by atoms with Crippen molar-refractivity contribution < 1.29 is 14.5 Å². The van der Waals surface area contributed by atoms with E-state index in [1.807, 2.05) is 24.3 Å². The highest BCUT2D eigenvalue weighted by Gasteiger charge is 2.46. The molecule has 1 aromatic rings. The third-order valence-corrected chi connectivity index (χ3v) is 5.06. The Morgan fingerprint density at radius 2 is 1.95 bits per heavy atom. The molecule has 0 spiro atoms. The van der Waals surface area contributed by atoms with Crippen LogP contribution in [0.4, 0.5) is 5.69 Å². The van der Waals surface area contributed by atoms with Gasteiger partial charge in [0.05, 0.1) is 25.2 Å². The molecule has 4 nitrogen and oxygen atoms in total. The molecule has 3 rings (SSSR count). The normalized spacial score (nSPS) is 30.0. The second-order valence-corrected chi connectivity index (χ2v) is 7.08. The van der Waals surface area contributed by atoms with Crippen LogP contribution in [-0.4, -0.2) is 30.9 Å². The number of imide groups is 1. The van der Waals surface area contributed by atoms with Gasteiger partial charge >= 0.3 is 0 Å². The Labute approximate surface area is 133 Å². The number of carbonyl (C=O) groups is 2. The fourth-order valence-electron chi connectivity index (χ4n) is 3.46. The lowest BCUT2D eigenvalue weighted by atomic mass is 9.98. The highest BCUT2D eigenvalue weighted by atomic mass is 79.9. The maximum absolute atomic E-state index is 12.7. The second-order valence-electron chi connectivity index (χ2n) is 6.16. The van der Waals surface area contributed by atoms with Crippen molar-refractivity contribution in [3.05, 3.63) is 28.7 Å². The first-order chi connectivity index (χ1) is 10.1. The molecule has 2 amide bonds. The maximum Gasteiger partial charge on any atom is 0.292 e. The first-order valence-electron chi connectivity index (χ1n) is 7.53. The SMILES string of the molecule is C[C@H]1CCC[NH+]([C@@H]2CC(=O)N(c3ccc(Br)cc3)C2=O)C1. The highest BCUT2D eigenvalue weighted by molar-refractivity contribution is 9.10. The van der Waals surface area contributed by atoms with Gasteiger partial charge < -0.3 is 4.90 Å². The third-order valence-electron chi connectivity index (χ3n) is 4.53. The van der Waals surface area contributed by atoms with Gasteiger partial charge in [0.15, 0.2) is 6.04 Å². The van der Waals surface area contributed by atoms with Gasteiger partial charge in [0, 0.05) is 10.4 Å². The summed E-state index contributed by atoms with van der Waals surface area (Å²) >= 11 is 3.37. The van der Waals surface area contributed by atoms with Crippen molar-refractivity contribution in [2.24, 2.45) is 5.92 Å². The molecule has 1 aromatic carbocycles. The van der Waals surface area contributed by atoms with Crippen molar-refractivity contribution in [3.63, 3.8) is 0 Å². The Bertz CT molecular complexity index is 558. The van der Waals surface area contributed by atoms with E-state index in [-0.39, 0.29) is 17.9 Å². The van der Waals surface area contributed by atoms with Crippen molar-refractivity contribution in [3.8, 4) is 0 Å². The molecule has 2 saturated heterocycles. The minimum absolute atomic E-state index is 0.0357. The number of piperidine rings is 1. The molecule has 112 valence electrons. The molecule has 2 heterocycles. The number of nitrogens with one attached hydrogen (secondary N) is 1. The van der Waals surface area contributed by atoms with E-state index < -0.39 is 0 Å². The molecule has 0 aliphatic carbocycles. The van der Waals surface area contributed by atoms with Gasteiger partial charge in [0.25, 0.3) is 5.91 Å². The van der Waals surface area contributed by atoms with E-state index in [1.54, 1.807) is 0 Å². The van der Waals surface area contributed by atoms with Crippen LogP contribution in [0.15, 0.2) is 28.7 Å². The topological polar surface area (TPSA) is 41.8 Å². The summed E-state index contributed by atoms with van der Waals surface area (Å²) in [6.45, 7) is 4.23. The van der Waals surface area contributed by atoms with Gasteiger partial charge in [-0.15, -0.1) is 0 Å². The predicted molar refractivity (Wildman–Crippen MR) is 84.1 cm³/mol. The molecule has 1 unspecified atom stereocenters. The predicted octanol–water partition coefficient (Wildman–Crippen LogP) is 1.40. The molecule has 2 aliphatic rings. The van der Waals surface area contributed by atoms with Gasteiger partial charge in [-0.1, -0.05) is 22.9 Å². The number of benzene rings is 1. The zero-order valence-electron chi connectivity index (χ0n) is 12.1. The lowest BCUT2D eigenvalue weighted by Crippen LogP contribution is -3.18. The van der Waals surface area contributed by atoms with E-state index in [9.17, 15) is 9.59 Å². The van der Waals surface area contributed by atoms with Crippen molar-refractivity contribution >= 4 is 33.4 Å². The molecule has 0 radical (unpaired) electrons. The van der Waals surface area contributed by atoms with Crippen molar-refractivity contribution in [2.75, 3.05) is 18.0 Å². The monoisotopic (exact) mass is 351 g/mol. The Balaban J connectivity index is 1.80. The molecule has 3 atom stereocenters. The Kier molecular flexibility index (Phi) is 4.13. The van der Waals surface area contributed by atoms with Crippen LogP contribution in [-0.2, 0) is 9.59 Å². The molecule has 1 N–H and O–H groups in total. The van der Waals surface area contributed by atoms with Gasteiger partial charge in [-0.25, -0.2) is 4.90 Å². The fraction of sp³-hybridized carbons (Fsp3) is 0.500. The molecular formula is C16H20BrN2O2+. The summed E-state index contributed by atoms with van der Waals surface area (Å²) in [7, 11) is 0. The zero-order chi connectivity index (χ0) is 15.0. The molecule has 2 aliphatic heterocycles. The van der Waals surface area contributed by atoms with Crippen LogP contribution in [0, 0.1) is 5.92 Å². The minimum Gasteiger partial charge on any atom is -0.324 e. The Morgan fingerprint density at radius 1 is 1.24 bits per heavy atom. The van der Waals surface area contributed by atoms with Gasteiger partial charge in [-0.05, 0) is 37.1 Å². The van der Waals surface area contributed by atoms with Gasteiger partial charge in [0.1, 0.15) is 0 Å². The third kappa shape index (κ3) is 2.90. The maximum atomic E-state index is 12.7. The Hall–Kier alpha value is -1.20. The summed E-state index contributed by atoms with van der Waals surface area (Å²) in [4.78, 5) is 27.6. The number of anilines is 1. The Morgan fingerprint density at radius 3 is 2.62 bits per heavy atom. The molecule has 0 aromatic heterocycles. The fourth-order valence-corrected chi connectivity index (χ4v) is 3.72. The number of rotatable bonds is 2. The summed E-state index contributed by atoms with van der Waals surface area (Å²) < 4.78 is 0.942. The van der Waals surface area contributed by atoms with Crippen LogP contribution in [0.2, 0.25) is 0 Å².